The van der Waals surface area contributed by atoms with Crippen LogP contribution < -0.4 is 4.72 Å². The number of para-hydroxylation sites is 1. The predicted molar refractivity (Wildman–Crippen MR) is 92.9 cm³/mol. The minimum absolute atomic E-state index is 0.217. The van der Waals surface area contributed by atoms with Crippen LogP contribution in [0.4, 0.5) is 5.69 Å². The molecule has 0 aliphatic carbocycles. The molecule has 2 aromatic carbocycles. The quantitative estimate of drug-likeness (QED) is 0.745. The van der Waals surface area contributed by atoms with Crippen molar-refractivity contribution < 1.29 is 18.3 Å². The van der Waals surface area contributed by atoms with E-state index in [2.05, 4.69) is 4.72 Å². The first kappa shape index (κ1) is 16.1. The Kier molecular flexibility index (Phi) is 4.02. The highest BCUT2D eigenvalue weighted by molar-refractivity contribution is 7.92. The Morgan fingerprint density at radius 1 is 1.12 bits per heavy atom. The predicted octanol–water partition coefficient (Wildman–Crippen LogP) is 2.76. The molecule has 0 spiro atoms. The summed E-state index contributed by atoms with van der Waals surface area (Å²) in [5, 5.41) is 10.3. The van der Waals surface area contributed by atoms with Crippen molar-refractivity contribution >= 4 is 32.6 Å². The Morgan fingerprint density at radius 3 is 2.42 bits per heavy atom. The van der Waals surface area contributed by atoms with E-state index in [0.29, 0.717) is 12.2 Å². The Balaban J connectivity index is 1.95. The number of nitrogens with zero attached hydrogens (tertiary/aromatic N) is 1. The summed E-state index contributed by atoms with van der Waals surface area (Å²) in [6.07, 6.45) is 1.09. The lowest BCUT2D eigenvalue weighted by molar-refractivity contribution is 0.0686. The number of rotatable bonds is 5. The molecule has 0 fully saturated rings. The molecule has 7 heteroatoms. The van der Waals surface area contributed by atoms with Crippen LogP contribution in [0, 0.1) is 0 Å². The number of sulfonamides is 1. The highest BCUT2D eigenvalue weighted by Crippen LogP contribution is 2.22. The second-order valence-corrected chi connectivity index (χ2v) is 7.30. The molecule has 24 heavy (non-hydrogen) atoms. The number of carboxylic acids is 1. The van der Waals surface area contributed by atoms with Gasteiger partial charge in [0, 0.05) is 23.1 Å². The average molecular weight is 344 g/mol. The summed E-state index contributed by atoms with van der Waals surface area (Å²) in [6, 6.07) is 16.0. The fraction of sp³-hybridized carbons (Fsp3) is 0.118. The summed E-state index contributed by atoms with van der Waals surface area (Å²) in [6.45, 7) is 0.383. The number of benzene rings is 2. The van der Waals surface area contributed by atoms with E-state index in [9.17, 15) is 18.3 Å². The van der Waals surface area contributed by atoms with Crippen LogP contribution in [0.2, 0.25) is 0 Å². The van der Waals surface area contributed by atoms with E-state index in [1.165, 1.54) is 0 Å². The maximum Gasteiger partial charge on any atom is 0.352 e. The van der Waals surface area contributed by atoms with Gasteiger partial charge in [-0.3, -0.25) is 4.72 Å². The van der Waals surface area contributed by atoms with Crippen LogP contribution in [0.5, 0.6) is 0 Å². The maximum atomic E-state index is 11.5. The zero-order chi connectivity index (χ0) is 17.3. The van der Waals surface area contributed by atoms with E-state index >= 15 is 0 Å². The largest absolute Gasteiger partial charge is 0.477 e. The average Bonchev–Trinajstić information content (AvgIpc) is 2.87. The normalized spacial score (nSPS) is 11.5. The van der Waals surface area contributed by atoms with Gasteiger partial charge in [0.15, 0.2) is 0 Å². The van der Waals surface area contributed by atoms with Gasteiger partial charge in [-0.05, 0) is 29.8 Å². The zero-order valence-electron chi connectivity index (χ0n) is 12.9. The third kappa shape index (κ3) is 3.41. The van der Waals surface area contributed by atoms with E-state index in [4.69, 9.17) is 0 Å². The minimum atomic E-state index is -3.32. The van der Waals surface area contributed by atoms with E-state index < -0.39 is 16.0 Å². The molecule has 3 aromatic rings. The monoisotopic (exact) mass is 344 g/mol. The number of nitrogens with one attached hydrogen (secondary N) is 1. The SMILES string of the molecule is CS(=O)(=O)Nc1ccc(Cn2c(C(=O)O)cc3ccccc32)cc1. The fourth-order valence-corrected chi connectivity index (χ4v) is 3.20. The Bertz CT molecular complexity index is 1000. The number of hydrogen-bond acceptors (Lipinski definition) is 3. The van der Waals surface area contributed by atoms with Gasteiger partial charge in [0.05, 0.1) is 6.26 Å². The Hall–Kier alpha value is -2.80. The van der Waals surface area contributed by atoms with Gasteiger partial charge in [-0.2, -0.15) is 0 Å². The summed E-state index contributed by atoms with van der Waals surface area (Å²) in [4.78, 5) is 11.5. The third-order valence-electron chi connectivity index (χ3n) is 3.63. The van der Waals surface area contributed by atoms with Gasteiger partial charge in [-0.25, -0.2) is 13.2 Å². The van der Waals surface area contributed by atoms with Crippen LogP contribution in [-0.2, 0) is 16.6 Å². The number of aromatic nitrogens is 1. The second kappa shape index (κ2) is 6.01. The van der Waals surface area contributed by atoms with Gasteiger partial charge in [-0.15, -0.1) is 0 Å². The molecule has 124 valence electrons. The first-order chi connectivity index (χ1) is 11.3. The molecular formula is C17H16N2O4S. The first-order valence-corrected chi connectivity index (χ1v) is 9.11. The van der Waals surface area contributed by atoms with Crippen molar-refractivity contribution in [1.82, 2.24) is 4.57 Å². The van der Waals surface area contributed by atoms with E-state index in [1.54, 1.807) is 34.9 Å². The molecule has 0 aliphatic heterocycles. The number of carbonyl (C=O) groups is 1. The number of fused-ring (bicyclic) bond motifs is 1. The molecule has 0 unspecified atom stereocenters. The van der Waals surface area contributed by atoms with Crippen LogP contribution in [-0.4, -0.2) is 30.3 Å². The number of hydrogen-bond donors (Lipinski definition) is 2. The number of aromatic carboxylic acids is 1. The molecule has 3 rings (SSSR count). The highest BCUT2D eigenvalue weighted by atomic mass is 32.2. The molecule has 0 amide bonds. The molecule has 1 heterocycles. The molecule has 0 radical (unpaired) electrons. The van der Waals surface area contributed by atoms with Crippen molar-refractivity contribution in [1.29, 1.82) is 0 Å². The van der Waals surface area contributed by atoms with Crippen molar-refractivity contribution in [2.45, 2.75) is 6.54 Å². The van der Waals surface area contributed by atoms with Gasteiger partial charge in [0.25, 0.3) is 0 Å². The first-order valence-electron chi connectivity index (χ1n) is 7.22. The third-order valence-corrected chi connectivity index (χ3v) is 4.23. The molecule has 6 nitrogen and oxygen atoms in total. The molecule has 0 atom stereocenters. The molecule has 0 saturated carbocycles. The lowest BCUT2D eigenvalue weighted by Gasteiger charge is -2.10. The van der Waals surface area contributed by atoms with Crippen LogP contribution >= 0.6 is 0 Å². The van der Waals surface area contributed by atoms with Crippen molar-refractivity contribution in [2.75, 3.05) is 11.0 Å². The lowest BCUT2D eigenvalue weighted by Crippen LogP contribution is -2.10. The standard InChI is InChI=1S/C17H16N2O4S/c1-24(22,23)18-14-8-6-12(7-9-14)11-19-15-5-3-2-4-13(15)10-16(19)17(20)21/h2-10,18H,11H2,1H3,(H,20,21). The van der Waals surface area contributed by atoms with Gasteiger partial charge < -0.3 is 9.67 Å². The molecular weight excluding hydrogens is 328 g/mol. The second-order valence-electron chi connectivity index (χ2n) is 5.55. The van der Waals surface area contributed by atoms with Crippen LogP contribution in [0.15, 0.2) is 54.6 Å². The fourth-order valence-electron chi connectivity index (χ4n) is 2.63. The summed E-state index contributed by atoms with van der Waals surface area (Å²) < 4.78 is 26.6. The van der Waals surface area contributed by atoms with E-state index in [-0.39, 0.29) is 5.69 Å². The van der Waals surface area contributed by atoms with Gasteiger partial charge in [0.1, 0.15) is 5.69 Å². The molecule has 0 aliphatic rings. The smallest absolute Gasteiger partial charge is 0.352 e. The molecule has 0 bridgehead atoms. The topological polar surface area (TPSA) is 88.4 Å². The van der Waals surface area contributed by atoms with Gasteiger partial charge in [-0.1, -0.05) is 30.3 Å². The van der Waals surface area contributed by atoms with E-state index in [0.717, 1.165) is 22.7 Å². The van der Waals surface area contributed by atoms with Crippen molar-refractivity contribution in [2.24, 2.45) is 0 Å². The van der Waals surface area contributed by atoms with Crippen molar-refractivity contribution in [3.05, 3.63) is 65.9 Å². The van der Waals surface area contributed by atoms with E-state index in [1.807, 2.05) is 24.3 Å². The van der Waals surface area contributed by atoms with Crippen molar-refractivity contribution in [3.8, 4) is 0 Å². The molecule has 2 N–H and O–H groups in total. The van der Waals surface area contributed by atoms with Crippen LogP contribution in [0.25, 0.3) is 10.9 Å². The summed E-state index contributed by atoms with van der Waals surface area (Å²) in [5.41, 5.74) is 2.40. The molecule has 0 saturated heterocycles. The van der Waals surface area contributed by atoms with Gasteiger partial charge >= 0.3 is 5.97 Å². The zero-order valence-corrected chi connectivity index (χ0v) is 13.7. The summed E-state index contributed by atoms with van der Waals surface area (Å²) in [5.74, 6) is -0.985. The van der Waals surface area contributed by atoms with Crippen LogP contribution in [0.3, 0.4) is 0 Å². The summed E-state index contributed by atoms with van der Waals surface area (Å²) in [7, 11) is -3.32. The van der Waals surface area contributed by atoms with Crippen molar-refractivity contribution in [3.63, 3.8) is 0 Å². The maximum absolute atomic E-state index is 11.5. The minimum Gasteiger partial charge on any atom is -0.477 e. The lowest BCUT2D eigenvalue weighted by atomic mass is 10.2. The Labute approximate surface area is 139 Å². The van der Waals surface area contributed by atoms with Crippen LogP contribution in [0.1, 0.15) is 16.1 Å². The Morgan fingerprint density at radius 2 is 1.79 bits per heavy atom. The van der Waals surface area contributed by atoms with Gasteiger partial charge in [0.2, 0.25) is 10.0 Å². The number of anilines is 1. The molecule has 1 aromatic heterocycles. The number of carboxylic acid groups (broad SMARTS) is 1. The highest BCUT2D eigenvalue weighted by Gasteiger charge is 2.14. The summed E-state index contributed by atoms with van der Waals surface area (Å²) >= 11 is 0.